The Balaban J connectivity index is 2.05. The average Bonchev–Trinajstić information content (AvgIpc) is 2.81. The molecule has 11 heteroatoms. The third-order valence-corrected chi connectivity index (χ3v) is 5.44. The summed E-state index contributed by atoms with van der Waals surface area (Å²) < 4.78 is 43.8. The average molecular weight is 509 g/mol. The predicted molar refractivity (Wildman–Crippen MR) is 128 cm³/mol. The van der Waals surface area contributed by atoms with Gasteiger partial charge in [-0.1, -0.05) is 39.0 Å². The van der Waals surface area contributed by atoms with Crippen molar-refractivity contribution in [3.8, 4) is 5.75 Å². The number of halogens is 3. The molecule has 0 fully saturated rings. The zero-order valence-electron chi connectivity index (χ0n) is 20.5. The summed E-state index contributed by atoms with van der Waals surface area (Å²) >= 11 is 0. The molecule has 0 spiro atoms. The van der Waals surface area contributed by atoms with Gasteiger partial charge < -0.3 is 26.4 Å². The summed E-state index contributed by atoms with van der Waals surface area (Å²) in [6.07, 6.45) is -4.61. The normalized spacial score (nSPS) is 13.4. The van der Waals surface area contributed by atoms with E-state index >= 15 is 0 Å². The topological polar surface area (TPSA) is 123 Å². The van der Waals surface area contributed by atoms with Gasteiger partial charge in [0.1, 0.15) is 11.8 Å². The van der Waals surface area contributed by atoms with Crippen LogP contribution in [0.4, 0.5) is 13.2 Å². The number of ether oxygens (including phenoxy) is 1. The molecule has 0 radical (unpaired) electrons. The molecule has 2 rings (SSSR count). The molecule has 0 saturated heterocycles. The van der Waals surface area contributed by atoms with Crippen LogP contribution in [0.2, 0.25) is 0 Å². The number of hydrogen-bond acceptors (Lipinski definition) is 5. The highest BCUT2D eigenvalue weighted by molar-refractivity contribution is 5.97. The van der Waals surface area contributed by atoms with E-state index in [0.29, 0.717) is 18.4 Å². The zero-order chi connectivity index (χ0) is 27.1. The second kappa shape index (κ2) is 11.9. The lowest BCUT2D eigenvalue weighted by Gasteiger charge is -2.37. The molecule has 2 aromatic rings. The van der Waals surface area contributed by atoms with Gasteiger partial charge in [0.2, 0.25) is 11.8 Å². The number of carbonyl (C=O) groups is 3. The number of primary amides is 1. The van der Waals surface area contributed by atoms with Crippen molar-refractivity contribution in [3.05, 3.63) is 65.2 Å². The highest BCUT2D eigenvalue weighted by Crippen LogP contribution is 2.29. The Morgan fingerprint density at radius 3 is 2.19 bits per heavy atom. The van der Waals surface area contributed by atoms with Gasteiger partial charge >= 0.3 is 6.18 Å². The Bertz CT molecular complexity index is 1070. The fourth-order valence-electron chi connectivity index (χ4n) is 3.54. The summed E-state index contributed by atoms with van der Waals surface area (Å²) in [7, 11) is 1.56. The summed E-state index contributed by atoms with van der Waals surface area (Å²) in [4.78, 5) is 37.1. The van der Waals surface area contributed by atoms with Gasteiger partial charge in [-0.2, -0.15) is 13.2 Å². The second-order valence-corrected chi connectivity index (χ2v) is 9.28. The van der Waals surface area contributed by atoms with Gasteiger partial charge in [0.15, 0.2) is 0 Å². The smallest absolute Gasteiger partial charge is 0.416 e. The Morgan fingerprint density at radius 2 is 1.67 bits per heavy atom. The molecule has 0 saturated carbocycles. The molecular formula is C25H31F3N4O4. The number of alkyl halides is 3. The van der Waals surface area contributed by atoms with Crippen LogP contribution >= 0.6 is 0 Å². The highest BCUT2D eigenvalue weighted by atomic mass is 19.4. The molecule has 2 aromatic carbocycles. The van der Waals surface area contributed by atoms with E-state index in [0.717, 1.165) is 17.7 Å². The van der Waals surface area contributed by atoms with Crippen molar-refractivity contribution >= 4 is 17.7 Å². The maximum absolute atomic E-state index is 12.9. The van der Waals surface area contributed by atoms with Crippen LogP contribution in [0.25, 0.3) is 0 Å². The molecule has 2 atom stereocenters. The molecule has 0 aliphatic rings. The molecule has 0 aliphatic carbocycles. The molecule has 0 bridgehead atoms. The number of carbonyl (C=O) groups excluding carboxylic acids is 3. The van der Waals surface area contributed by atoms with Crippen LogP contribution in [0.3, 0.4) is 0 Å². The monoisotopic (exact) mass is 508 g/mol. The summed E-state index contributed by atoms with van der Waals surface area (Å²) in [5.74, 6) is -1.67. The first-order chi connectivity index (χ1) is 16.7. The second-order valence-electron chi connectivity index (χ2n) is 9.28. The molecule has 36 heavy (non-hydrogen) atoms. The van der Waals surface area contributed by atoms with Crippen molar-refractivity contribution in [2.24, 2.45) is 11.1 Å². The third-order valence-electron chi connectivity index (χ3n) is 5.44. The number of benzene rings is 2. The largest absolute Gasteiger partial charge is 0.497 e. The zero-order valence-corrected chi connectivity index (χ0v) is 20.5. The summed E-state index contributed by atoms with van der Waals surface area (Å²) in [5.41, 5.74) is 4.75. The van der Waals surface area contributed by atoms with Crippen LogP contribution in [0, 0.1) is 5.41 Å². The number of amides is 3. The van der Waals surface area contributed by atoms with Gasteiger partial charge in [-0.05, 0) is 41.3 Å². The molecule has 5 N–H and O–H groups in total. The van der Waals surface area contributed by atoms with E-state index in [4.69, 9.17) is 10.5 Å². The molecular weight excluding hydrogens is 477 g/mol. The molecule has 0 aliphatic heterocycles. The Morgan fingerprint density at radius 1 is 1.03 bits per heavy atom. The standard InChI is InChI=1S/C25H31F3N4O4/c1-24(2,3)21(30-13-15-8-10-18(36-4)11-9-15)20(22(29)34)32-19(33)14-31-23(35)16-6-5-7-17(12-16)25(26,27)28/h5-12,20-21,30H,13-14H2,1-4H3,(H2,29,34)(H,31,35)(H,32,33). The van der Waals surface area contributed by atoms with E-state index in [-0.39, 0.29) is 5.56 Å². The number of hydrogen-bond donors (Lipinski definition) is 4. The van der Waals surface area contributed by atoms with Crippen molar-refractivity contribution in [1.29, 1.82) is 0 Å². The minimum Gasteiger partial charge on any atom is -0.497 e. The number of nitrogens with one attached hydrogen (secondary N) is 3. The van der Waals surface area contributed by atoms with Crippen LogP contribution in [0.15, 0.2) is 48.5 Å². The maximum atomic E-state index is 12.9. The van der Waals surface area contributed by atoms with E-state index in [1.807, 2.05) is 32.9 Å². The van der Waals surface area contributed by atoms with Gasteiger partial charge in [0, 0.05) is 18.2 Å². The van der Waals surface area contributed by atoms with Crippen LogP contribution in [-0.2, 0) is 22.3 Å². The molecule has 8 nitrogen and oxygen atoms in total. The van der Waals surface area contributed by atoms with E-state index in [9.17, 15) is 27.6 Å². The SMILES string of the molecule is COc1ccc(CNC(C(NC(=O)CNC(=O)c2cccc(C(F)(F)F)c2)C(N)=O)C(C)(C)C)cc1. The van der Waals surface area contributed by atoms with Crippen LogP contribution in [0.5, 0.6) is 5.75 Å². The minimum atomic E-state index is -4.61. The number of rotatable bonds is 10. The Kier molecular flexibility index (Phi) is 9.46. The lowest BCUT2D eigenvalue weighted by atomic mass is 9.81. The summed E-state index contributed by atoms with van der Waals surface area (Å²) in [6.45, 7) is 5.43. The predicted octanol–water partition coefficient (Wildman–Crippen LogP) is 2.62. The first-order valence-electron chi connectivity index (χ1n) is 11.1. The fourth-order valence-corrected chi connectivity index (χ4v) is 3.54. The lowest BCUT2D eigenvalue weighted by Crippen LogP contribution is -2.61. The number of methoxy groups -OCH3 is 1. The Hall–Kier alpha value is -3.60. The van der Waals surface area contributed by atoms with E-state index in [1.165, 1.54) is 6.07 Å². The minimum absolute atomic E-state index is 0.252. The quantitative estimate of drug-likeness (QED) is 0.393. The van der Waals surface area contributed by atoms with Gasteiger partial charge in [0.25, 0.3) is 5.91 Å². The summed E-state index contributed by atoms with van der Waals surface area (Å²) in [6, 6.07) is 9.43. The van der Waals surface area contributed by atoms with E-state index in [1.54, 1.807) is 19.2 Å². The van der Waals surface area contributed by atoms with E-state index in [2.05, 4.69) is 16.0 Å². The van der Waals surface area contributed by atoms with Crippen LogP contribution in [-0.4, -0.2) is 43.5 Å². The van der Waals surface area contributed by atoms with Gasteiger partial charge in [-0.3, -0.25) is 14.4 Å². The van der Waals surface area contributed by atoms with Crippen molar-refractivity contribution in [1.82, 2.24) is 16.0 Å². The van der Waals surface area contributed by atoms with Crippen molar-refractivity contribution < 1.29 is 32.3 Å². The molecule has 2 unspecified atom stereocenters. The Labute approximate surface area is 207 Å². The fraction of sp³-hybridized carbons (Fsp3) is 0.400. The molecule has 3 amide bonds. The first-order valence-corrected chi connectivity index (χ1v) is 11.1. The molecule has 0 aromatic heterocycles. The molecule has 196 valence electrons. The lowest BCUT2D eigenvalue weighted by molar-refractivity contribution is -0.137. The van der Waals surface area contributed by atoms with Crippen LogP contribution < -0.4 is 26.4 Å². The van der Waals surface area contributed by atoms with Gasteiger partial charge in [-0.15, -0.1) is 0 Å². The van der Waals surface area contributed by atoms with Gasteiger partial charge in [-0.25, -0.2) is 0 Å². The highest BCUT2D eigenvalue weighted by Gasteiger charge is 2.36. The number of nitrogens with two attached hydrogens (primary N) is 1. The van der Waals surface area contributed by atoms with Crippen molar-refractivity contribution in [2.75, 3.05) is 13.7 Å². The molecule has 0 heterocycles. The third kappa shape index (κ3) is 8.26. The van der Waals surface area contributed by atoms with Gasteiger partial charge in [0.05, 0.1) is 19.2 Å². The van der Waals surface area contributed by atoms with Crippen molar-refractivity contribution in [2.45, 2.75) is 45.6 Å². The van der Waals surface area contributed by atoms with Crippen LogP contribution in [0.1, 0.15) is 42.3 Å². The maximum Gasteiger partial charge on any atom is 0.416 e. The summed E-state index contributed by atoms with van der Waals surface area (Å²) in [5, 5.41) is 8.06. The first kappa shape index (κ1) is 28.6. The van der Waals surface area contributed by atoms with E-state index < -0.39 is 53.5 Å². The van der Waals surface area contributed by atoms with Crippen molar-refractivity contribution in [3.63, 3.8) is 0 Å².